The molecule has 2 heterocycles. The number of aromatic nitrogens is 2. The molecule has 6 heteroatoms. The molecule has 2 fully saturated rings. The van der Waals surface area contributed by atoms with Crippen LogP contribution in [-0.4, -0.2) is 40.2 Å². The van der Waals surface area contributed by atoms with Gasteiger partial charge in [0, 0.05) is 28.8 Å². The lowest BCUT2D eigenvalue weighted by Gasteiger charge is -2.31. The zero-order valence-corrected chi connectivity index (χ0v) is 15.3. The van der Waals surface area contributed by atoms with Crippen LogP contribution in [0.4, 0.5) is 0 Å². The van der Waals surface area contributed by atoms with E-state index in [1.807, 2.05) is 30.5 Å². The number of piperidine rings is 1. The van der Waals surface area contributed by atoms with Crippen LogP contribution in [0.3, 0.4) is 0 Å². The maximum Gasteiger partial charge on any atom is 0.229 e. The van der Waals surface area contributed by atoms with Crippen molar-refractivity contribution in [3.63, 3.8) is 0 Å². The summed E-state index contributed by atoms with van der Waals surface area (Å²) in [5.41, 5.74) is 0.859. The standard InChI is InChI=1S/C19H23N3O2S/c1-25-16-7-3-2-6-15(16)18(23)14-5-4-10-22(11-14)12-17-20-19(24-21-17)13-8-9-13/h2-3,6-7,13-14H,4-5,8-12H2,1H3. The molecule has 0 N–H and O–H groups in total. The lowest BCUT2D eigenvalue weighted by atomic mass is 9.90. The summed E-state index contributed by atoms with van der Waals surface area (Å²) in [6.45, 7) is 2.43. The molecular formula is C19H23N3O2S. The Morgan fingerprint density at radius 1 is 1.32 bits per heavy atom. The minimum atomic E-state index is 0.0526. The molecule has 0 bridgehead atoms. The van der Waals surface area contributed by atoms with Crippen LogP contribution in [0.5, 0.6) is 0 Å². The van der Waals surface area contributed by atoms with Crippen molar-refractivity contribution in [2.24, 2.45) is 5.92 Å². The van der Waals surface area contributed by atoms with Crippen LogP contribution in [0, 0.1) is 5.92 Å². The van der Waals surface area contributed by atoms with Crippen molar-refractivity contribution in [3.05, 3.63) is 41.5 Å². The Balaban J connectivity index is 1.42. The quantitative estimate of drug-likeness (QED) is 0.579. The molecule has 1 atom stereocenters. The van der Waals surface area contributed by atoms with Gasteiger partial charge in [0.15, 0.2) is 11.6 Å². The highest BCUT2D eigenvalue weighted by molar-refractivity contribution is 7.98. The van der Waals surface area contributed by atoms with Gasteiger partial charge in [0.25, 0.3) is 0 Å². The number of hydrogen-bond acceptors (Lipinski definition) is 6. The molecular weight excluding hydrogens is 334 g/mol. The van der Waals surface area contributed by atoms with Gasteiger partial charge in [-0.1, -0.05) is 23.4 Å². The van der Waals surface area contributed by atoms with Gasteiger partial charge in [-0.05, 0) is 44.6 Å². The first-order valence-electron chi connectivity index (χ1n) is 8.96. The molecule has 1 aliphatic carbocycles. The van der Waals surface area contributed by atoms with Crippen LogP contribution in [-0.2, 0) is 6.54 Å². The average molecular weight is 357 g/mol. The third-order valence-electron chi connectivity index (χ3n) is 5.02. The molecule has 0 amide bonds. The normalized spacial score (nSPS) is 21.4. The highest BCUT2D eigenvalue weighted by Crippen LogP contribution is 2.39. The molecule has 1 aliphatic heterocycles. The molecule has 0 spiro atoms. The number of ketones is 1. The Morgan fingerprint density at radius 3 is 2.96 bits per heavy atom. The number of rotatable bonds is 6. The zero-order valence-electron chi connectivity index (χ0n) is 14.5. The van der Waals surface area contributed by atoms with Gasteiger partial charge in [-0.25, -0.2) is 0 Å². The lowest BCUT2D eigenvalue weighted by Crippen LogP contribution is -2.38. The maximum atomic E-state index is 13.0. The number of carbonyl (C=O) groups excluding carboxylic acids is 1. The van der Waals surface area contributed by atoms with Gasteiger partial charge in [-0.15, -0.1) is 11.8 Å². The molecule has 1 saturated heterocycles. The van der Waals surface area contributed by atoms with Gasteiger partial charge in [0.1, 0.15) is 0 Å². The summed E-state index contributed by atoms with van der Waals surface area (Å²) in [7, 11) is 0. The van der Waals surface area contributed by atoms with E-state index in [-0.39, 0.29) is 11.7 Å². The molecule has 5 nitrogen and oxygen atoms in total. The lowest BCUT2D eigenvalue weighted by molar-refractivity contribution is 0.0804. The minimum absolute atomic E-state index is 0.0526. The van der Waals surface area contributed by atoms with Gasteiger partial charge in [-0.2, -0.15) is 4.98 Å². The second-order valence-electron chi connectivity index (χ2n) is 6.96. The summed E-state index contributed by atoms with van der Waals surface area (Å²) in [5.74, 6) is 2.34. The van der Waals surface area contributed by atoms with E-state index in [0.29, 0.717) is 12.5 Å². The molecule has 4 rings (SSSR count). The van der Waals surface area contributed by atoms with Crippen LogP contribution in [0.2, 0.25) is 0 Å². The number of Topliss-reactive ketones (excluding diaryl/α,β-unsaturated/α-hetero) is 1. The predicted molar refractivity (Wildman–Crippen MR) is 96.8 cm³/mol. The number of nitrogens with zero attached hydrogens (tertiary/aromatic N) is 3. The zero-order chi connectivity index (χ0) is 17.2. The van der Waals surface area contributed by atoms with E-state index in [9.17, 15) is 4.79 Å². The maximum absolute atomic E-state index is 13.0. The molecule has 132 valence electrons. The van der Waals surface area contributed by atoms with E-state index in [0.717, 1.165) is 60.9 Å². The van der Waals surface area contributed by atoms with Crippen molar-refractivity contribution >= 4 is 17.5 Å². The highest BCUT2D eigenvalue weighted by atomic mass is 32.2. The van der Waals surface area contributed by atoms with Crippen LogP contribution < -0.4 is 0 Å². The Kier molecular flexibility index (Phi) is 4.90. The second-order valence-corrected chi connectivity index (χ2v) is 7.81. The highest BCUT2D eigenvalue weighted by Gasteiger charge is 2.31. The van der Waals surface area contributed by atoms with Crippen molar-refractivity contribution in [3.8, 4) is 0 Å². The van der Waals surface area contributed by atoms with Crippen molar-refractivity contribution in [2.75, 3.05) is 19.3 Å². The summed E-state index contributed by atoms with van der Waals surface area (Å²) < 4.78 is 5.35. The third-order valence-corrected chi connectivity index (χ3v) is 5.82. The van der Waals surface area contributed by atoms with Crippen LogP contribution in [0.1, 0.15) is 53.7 Å². The monoisotopic (exact) mass is 357 g/mol. The van der Waals surface area contributed by atoms with Gasteiger partial charge in [-0.3, -0.25) is 9.69 Å². The summed E-state index contributed by atoms with van der Waals surface area (Å²) >= 11 is 1.64. The fourth-order valence-corrected chi connectivity index (χ4v) is 4.11. The number of benzene rings is 1. The van der Waals surface area contributed by atoms with Crippen LogP contribution in [0.25, 0.3) is 0 Å². The molecule has 25 heavy (non-hydrogen) atoms. The largest absolute Gasteiger partial charge is 0.339 e. The Morgan fingerprint density at radius 2 is 2.16 bits per heavy atom. The summed E-state index contributed by atoms with van der Waals surface area (Å²) in [6.07, 6.45) is 6.34. The van der Waals surface area contributed by atoms with E-state index in [1.165, 1.54) is 0 Å². The van der Waals surface area contributed by atoms with Gasteiger partial charge in [0.2, 0.25) is 5.89 Å². The van der Waals surface area contributed by atoms with E-state index in [4.69, 9.17) is 4.52 Å². The molecule has 2 aromatic rings. The summed E-state index contributed by atoms with van der Waals surface area (Å²) in [6, 6.07) is 7.92. The van der Waals surface area contributed by atoms with Gasteiger partial charge < -0.3 is 4.52 Å². The van der Waals surface area contributed by atoms with Crippen molar-refractivity contribution in [2.45, 2.75) is 43.0 Å². The Hall–Kier alpha value is -1.66. The number of thioether (sulfide) groups is 1. The first kappa shape index (κ1) is 16.8. The smallest absolute Gasteiger partial charge is 0.229 e. The minimum Gasteiger partial charge on any atom is -0.339 e. The molecule has 1 saturated carbocycles. The topological polar surface area (TPSA) is 59.2 Å². The first-order valence-corrected chi connectivity index (χ1v) is 10.2. The number of likely N-dealkylation sites (tertiary alicyclic amines) is 1. The number of carbonyl (C=O) groups is 1. The van der Waals surface area contributed by atoms with E-state index >= 15 is 0 Å². The molecule has 2 aliphatic rings. The van der Waals surface area contributed by atoms with E-state index in [1.54, 1.807) is 11.8 Å². The third kappa shape index (κ3) is 3.80. The van der Waals surface area contributed by atoms with Crippen molar-refractivity contribution in [1.29, 1.82) is 0 Å². The van der Waals surface area contributed by atoms with Crippen molar-refractivity contribution < 1.29 is 9.32 Å². The molecule has 1 aromatic carbocycles. The SMILES string of the molecule is CSc1ccccc1C(=O)C1CCCN(Cc2noc(C3CC3)n2)C1. The predicted octanol–water partition coefficient (Wildman–Crippen LogP) is 3.76. The van der Waals surface area contributed by atoms with Crippen LogP contribution in [0.15, 0.2) is 33.7 Å². The fourth-order valence-electron chi connectivity index (χ4n) is 3.51. The van der Waals surface area contributed by atoms with E-state index < -0.39 is 0 Å². The Bertz CT molecular complexity index is 757. The Labute approximate surface area is 152 Å². The van der Waals surface area contributed by atoms with Crippen molar-refractivity contribution in [1.82, 2.24) is 15.0 Å². The fraction of sp³-hybridized carbons (Fsp3) is 0.526. The van der Waals surface area contributed by atoms with E-state index in [2.05, 4.69) is 15.0 Å². The summed E-state index contributed by atoms with van der Waals surface area (Å²) in [5, 5.41) is 4.11. The van der Waals surface area contributed by atoms with Crippen LogP contribution >= 0.6 is 11.8 Å². The molecule has 1 unspecified atom stereocenters. The van der Waals surface area contributed by atoms with Gasteiger partial charge >= 0.3 is 0 Å². The second kappa shape index (κ2) is 7.30. The first-order chi connectivity index (χ1) is 12.2. The molecule has 0 radical (unpaired) electrons. The van der Waals surface area contributed by atoms with Gasteiger partial charge in [0.05, 0.1) is 6.54 Å². The number of hydrogen-bond donors (Lipinski definition) is 0. The average Bonchev–Trinajstić information content (AvgIpc) is 3.41. The summed E-state index contributed by atoms with van der Waals surface area (Å²) in [4.78, 5) is 20.9. The molecule has 1 aromatic heterocycles.